The van der Waals surface area contributed by atoms with Crippen LogP contribution in [0.4, 0.5) is 0 Å². The van der Waals surface area contributed by atoms with Gasteiger partial charge >= 0.3 is 0 Å². The molecule has 6 heteroatoms. The van der Waals surface area contributed by atoms with Crippen molar-refractivity contribution in [3.63, 3.8) is 0 Å². The van der Waals surface area contributed by atoms with Gasteiger partial charge < -0.3 is 5.32 Å². The van der Waals surface area contributed by atoms with Crippen molar-refractivity contribution in [2.24, 2.45) is 0 Å². The lowest BCUT2D eigenvalue weighted by molar-refractivity contribution is 0.634. The van der Waals surface area contributed by atoms with Crippen LogP contribution in [0, 0.1) is 0 Å². The second-order valence-electron chi connectivity index (χ2n) is 4.51. The van der Waals surface area contributed by atoms with E-state index in [1.807, 2.05) is 30.3 Å². The Morgan fingerprint density at radius 2 is 1.95 bits per heavy atom. The molecule has 0 fully saturated rings. The van der Waals surface area contributed by atoms with Crippen molar-refractivity contribution in [1.82, 2.24) is 25.5 Å². The molecule has 0 bridgehead atoms. The first-order chi connectivity index (χ1) is 9.92. The normalized spacial score (nSPS) is 10.8. The molecular formula is C14H21N5S. The lowest BCUT2D eigenvalue weighted by Gasteiger charge is -2.05. The zero-order chi connectivity index (χ0) is 14.0. The van der Waals surface area contributed by atoms with Gasteiger partial charge in [-0.1, -0.05) is 43.3 Å². The van der Waals surface area contributed by atoms with Gasteiger partial charge in [-0.2, -0.15) is 4.68 Å². The summed E-state index contributed by atoms with van der Waals surface area (Å²) in [5, 5.41) is 16.2. The van der Waals surface area contributed by atoms with E-state index in [1.54, 1.807) is 16.4 Å². The predicted octanol–water partition coefficient (Wildman–Crippen LogP) is 2.53. The third kappa shape index (κ3) is 4.61. The standard InChI is InChI=1S/C14H21N5S/c1-2-3-10-15-11-7-12-20-14-16-17-18-19(14)13-8-5-4-6-9-13/h4-6,8-9,15H,2-3,7,10-12H2,1H3. The summed E-state index contributed by atoms with van der Waals surface area (Å²) in [5.41, 5.74) is 1.00. The van der Waals surface area contributed by atoms with Crippen LogP contribution in [0.2, 0.25) is 0 Å². The van der Waals surface area contributed by atoms with Crippen LogP contribution in [0.25, 0.3) is 5.69 Å². The minimum absolute atomic E-state index is 0.852. The number of hydrogen-bond acceptors (Lipinski definition) is 5. The Bertz CT molecular complexity index is 485. The summed E-state index contributed by atoms with van der Waals surface area (Å²) in [6, 6.07) is 9.98. The molecule has 0 saturated carbocycles. The average Bonchev–Trinajstić information content (AvgIpc) is 2.96. The average molecular weight is 291 g/mol. The van der Waals surface area contributed by atoms with Gasteiger partial charge in [0.2, 0.25) is 5.16 Å². The van der Waals surface area contributed by atoms with Crippen LogP contribution in [-0.4, -0.2) is 39.0 Å². The fourth-order valence-electron chi connectivity index (χ4n) is 1.79. The van der Waals surface area contributed by atoms with E-state index in [9.17, 15) is 0 Å². The van der Waals surface area contributed by atoms with Gasteiger partial charge in [0.05, 0.1) is 5.69 Å². The first kappa shape index (κ1) is 15.0. The highest BCUT2D eigenvalue weighted by molar-refractivity contribution is 7.99. The number of unbranched alkanes of at least 4 members (excludes halogenated alkanes) is 1. The summed E-state index contributed by atoms with van der Waals surface area (Å²) in [7, 11) is 0. The first-order valence-electron chi connectivity index (χ1n) is 7.09. The van der Waals surface area contributed by atoms with Gasteiger partial charge in [-0.25, -0.2) is 0 Å². The molecule has 0 radical (unpaired) electrons. The van der Waals surface area contributed by atoms with E-state index in [-0.39, 0.29) is 0 Å². The number of thioether (sulfide) groups is 1. The highest BCUT2D eigenvalue weighted by atomic mass is 32.2. The van der Waals surface area contributed by atoms with Gasteiger partial charge in [0.15, 0.2) is 0 Å². The van der Waals surface area contributed by atoms with Crippen molar-refractivity contribution in [3.05, 3.63) is 30.3 Å². The quantitative estimate of drug-likeness (QED) is 0.568. The predicted molar refractivity (Wildman–Crippen MR) is 82.3 cm³/mol. The Morgan fingerprint density at radius 1 is 1.15 bits per heavy atom. The Hall–Kier alpha value is -1.40. The molecule has 1 aromatic heterocycles. The van der Waals surface area contributed by atoms with Crippen molar-refractivity contribution in [2.75, 3.05) is 18.8 Å². The molecule has 0 aliphatic rings. The van der Waals surface area contributed by atoms with Gasteiger partial charge in [0, 0.05) is 5.75 Å². The highest BCUT2D eigenvalue weighted by Crippen LogP contribution is 2.18. The fourth-order valence-corrected chi connectivity index (χ4v) is 2.62. The van der Waals surface area contributed by atoms with Crippen molar-refractivity contribution >= 4 is 11.8 Å². The maximum absolute atomic E-state index is 4.08. The molecule has 20 heavy (non-hydrogen) atoms. The van der Waals surface area contributed by atoms with Crippen LogP contribution in [0.5, 0.6) is 0 Å². The summed E-state index contributed by atoms with van der Waals surface area (Å²) in [6.07, 6.45) is 3.61. The largest absolute Gasteiger partial charge is 0.317 e. The number of benzene rings is 1. The Kier molecular flexibility index (Phi) is 6.53. The molecule has 1 heterocycles. The van der Waals surface area contributed by atoms with Gasteiger partial charge in [-0.05, 0) is 48.5 Å². The molecule has 108 valence electrons. The number of tetrazole rings is 1. The second kappa shape index (κ2) is 8.71. The number of aromatic nitrogens is 4. The van der Waals surface area contributed by atoms with Crippen molar-refractivity contribution in [3.8, 4) is 5.69 Å². The molecule has 0 saturated heterocycles. The highest BCUT2D eigenvalue weighted by Gasteiger charge is 2.07. The molecule has 0 amide bonds. The van der Waals surface area contributed by atoms with Gasteiger partial charge in [-0.15, -0.1) is 5.10 Å². The zero-order valence-electron chi connectivity index (χ0n) is 11.8. The van der Waals surface area contributed by atoms with Crippen molar-refractivity contribution < 1.29 is 0 Å². The maximum Gasteiger partial charge on any atom is 0.214 e. The van der Waals surface area contributed by atoms with E-state index >= 15 is 0 Å². The van der Waals surface area contributed by atoms with E-state index in [1.165, 1.54) is 12.8 Å². The maximum atomic E-state index is 4.08. The van der Waals surface area contributed by atoms with Crippen molar-refractivity contribution in [2.45, 2.75) is 31.3 Å². The number of nitrogens with one attached hydrogen (secondary N) is 1. The van der Waals surface area contributed by atoms with Crippen LogP contribution in [0.15, 0.2) is 35.5 Å². The molecule has 1 N–H and O–H groups in total. The fraction of sp³-hybridized carbons (Fsp3) is 0.500. The molecule has 5 nitrogen and oxygen atoms in total. The molecule has 1 aromatic carbocycles. The lowest BCUT2D eigenvalue weighted by Crippen LogP contribution is -2.16. The summed E-state index contributed by atoms with van der Waals surface area (Å²) in [6.45, 7) is 4.38. The van der Waals surface area contributed by atoms with Crippen LogP contribution < -0.4 is 5.32 Å². The number of rotatable bonds is 9. The van der Waals surface area contributed by atoms with Crippen LogP contribution in [-0.2, 0) is 0 Å². The minimum atomic E-state index is 0.852. The van der Waals surface area contributed by atoms with Crippen LogP contribution >= 0.6 is 11.8 Å². The van der Waals surface area contributed by atoms with Crippen LogP contribution in [0.3, 0.4) is 0 Å². The molecule has 2 rings (SSSR count). The summed E-state index contributed by atoms with van der Waals surface area (Å²) in [4.78, 5) is 0. The zero-order valence-corrected chi connectivity index (χ0v) is 12.6. The van der Waals surface area contributed by atoms with Crippen molar-refractivity contribution in [1.29, 1.82) is 0 Å². The van der Waals surface area contributed by atoms with E-state index < -0.39 is 0 Å². The molecule has 0 atom stereocenters. The molecule has 0 unspecified atom stereocenters. The number of nitrogens with zero attached hydrogens (tertiary/aromatic N) is 4. The smallest absolute Gasteiger partial charge is 0.214 e. The Morgan fingerprint density at radius 3 is 2.75 bits per heavy atom. The number of para-hydroxylation sites is 1. The summed E-state index contributed by atoms with van der Waals surface area (Å²) >= 11 is 1.70. The number of hydrogen-bond donors (Lipinski definition) is 1. The molecule has 2 aromatic rings. The van der Waals surface area contributed by atoms with Gasteiger partial charge in [0.1, 0.15) is 0 Å². The Balaban J connectivity index is 1.76. The lowest BCUT2D eigenvalue weighted by atomic mass is 10.3. The van der Waals surface area contributed by atoms with E-state index in [2.05, 4.69) is 27.8 Å². The summed E-state index contributed by atoms with van der Waals surface area (Å²) < 4.78 is 1.79. The molecule has 0 aliphatic heterocycles. The molecular weight excluding hydrogens is 270 g/mol. The van der Waals surface area contributed by atoms with E-state index in [0.717, 1.165) is 36.1 Å². The monoisotopic (exact) mass is 291 g/mol. The summed E-state index contributed by atoms with van der Waals surface area (Å²) in [5.74, 6) is 1.02. The minimum Gasteiger partial charge on any atom is -0.317 e. The first-order valence-corrected chi connectivity index (χ1v) is 8.07. The SMILES string of the molecule is CCCCNCCCSc1nnnn1-c1ccccc1. The molecule has 0 aliphatic carbocycles. The third-order valence-corrected chi connectivity index (χ3v) is 3.88. The molecule has 0 spiro atoms. The second-order valence-corrected chi connectivity index (χ2v) is 5.58. The van der Waals surface area contributed by atoms with Gasteiger partial charge in [-0.3, -0.25) is 0 Å². The van der Waals surface area contributed by atoms with Crippen LogP contribution in [0.1, 0.15) is 26.2 Å². The third-order valence-electron chi connectivity index (χ3n) is 2.88. The topological polar surface area (TPSA) is 55.6 Å². The Labute approximate surface area is 124 Å². The van der Waals surface area contributed by atoms with E-state index in [0.29, 0.717) is 0 Å². The van der Waals surface area contributed by atoms with E-state index in [4.69, 9.17) is 0 Å². The van der Waals surface area contributed by atoms with Gasteiger partial charge in [0.25, 0.3) is 0 Å².